The predicted octanol–water partition coefficient (Wildman–Crippen LogP) is 3.74. The Morgan fingerprint density at radius 1 is 1.22 bits per heavy atom. The van der Waals surface area contributed by atoms with Crippen molar-refractivity contribution >= 4 is 23.4 Å². The Hall–Kier alpha value is -1.63. The van der Waals surface area contributed by atoms with Crippen molar-refractivity contribution in [3.8, 4) is 0 Å². The minimum Gasteiger partial charge on any atom is -0.384 e. The molecule has 2 N–H and O–H groups in total. The highest BCUT2D eigenvalue weighted by molar-refractivity contribution is 6.30. The van der Waals surface area contributed by atoms with Gasteiger partial charge in [0.25, 0.3) is 0 Å². The standard InChI is InChI=1S/C25H37ClN2O4/c1-17(2)22(27-21(29)15-18-9-13-32-14-10-18)23(30)28-12-11-25(31,24(3,4)16-28)19-5-7-20(26)8-6-19/h5-8,17-18,22,31H,9-16H2,1-4H3,(H,27,29)/t22-,25+/m1/s1. The lowest BCUT2D eigenvalue weighted by Gasteiger charge is -2.51. The van der Waals surface area contributed by atoms with Crippen molar-refractivity contribution in [2.75, 3.05) is 26.3 Å². The van der Waals surface area contributed by atoms with Crippen LogP contribution >= 0.6 is 11.6 Å². The van der Waals surface area contributed by atoms with E-state index in [-0.39, 0.29) is 17.7 Å². The number of benzene rings is 1. The normalized spacial score (nSPS) is 24.9. The van der Waals surface area contributed by atoms with Gasteiger partial charge in [-0.2, -0.15) is 0 Å². The van der Waals surface area contributed by atoms with Gasteiger partial charge in [0.2, 0.25) is 11.8 Å². The smallest absolute Gasteiger partial charge is 0.245 e. The van der Waals surface area contributed by atoms with Gasteiger partial charge in [-0.15, -0.1) is 0 Å². The summed E-state index contributed by atoms with van der Waals surface area (Å²) in [5, 5.41) is 15.2. The quantitative estimate of drug-likeness (QED) is 0.672. The van der Waals surface area contributed by atoms with Gasteiger partial charge in [0.05, 0.1) is 5.60 Å². The zero-order valence-corrected chi connectivity index (χ0v) is 20.5. The molecule has 6 nitrogen and oxygen atoms in total. The van der Waals surface area contributed by atoms with Gasteiger partial charge in [0, 0.05) is 43.2 Å². The molecule has 0 unspecified atom stereocenters. The number of halogens is 1. The second-order valence-corrected chi connectivity index (χ2v) is 10.7. The van der Waals surface area contributed by atoms with Crippen molar-refractivity contribution in [3.63, 3.8) is 0 Å². The number of aliphatic hydroxyl groups is 1. The van der Waals surface area contributed by atoms with E-state index in [2.05, 4.69) is 5.32 Å². The monoisotopic (exact) mass is 464 g/mol. The summed E-state index contributed by atoms with van der Waals surface area (Å²) >= 11 is 6.02. The van der Waals surface area contributed by atoms with Crippen LogP contribution < -0.4 is 5.32 Å². The van der Waals surface area contributed by atoms with Gasteiger partial charge < -0.3 is 20.1 Å². The summed E-state index contributed by atoms with van der Waals surface area (Å²) in [6, 6.07) is 6.71. The fraction of sp³-hybridized carbons (Fsp3) is 0.680. The maximum absolute atomic E-state index is 13.4. The van der Waals surface area contributed by atoms with E-state index in [1.54, 1.807) is 17.0 Å². The van der Waals surface area contributed by atoms with Gasteiger partial charge >= 0.3 is 0 Å². The molecule has 0 radical (unpaired) electrons. The van der Waals surface area contributed by atoms with Crippen LogP contribution in [0.15, 0.2) is 24.3 Å². The highest BCUT2D eigenvalue weighted by Crippen LogP contribution is 2.46. The Kier molecular flexibility index (Phi) is 7.89. The summed E-state index contributed by atoms with van der Waals surface area (Å²) in [6.45, 7) is 10.1. The first-order valence-electron chi connectivity index (χ1n) is 11.7. The van der Waals surface area contributed by atoms with Crippen molar-refractivity contribution in [1.82, 2.24) is 10.2 Å². The second kappa shape index (κ2) is 10.1. The Morgan fingerprint density at radius 2 is 1.84 bits per heavy atom. The van der Waals surface area contributed by atoms with E-state index >= 15 is 0 Å². The summed E-state index contributed by atoms with van der Waals surface area (Å²) in [6.07, 6.45) is 2.63. The molecule has 178 valence electrons. The molecule has 3 rings (SSSR count). The van der Waals surface area contributed by atoms with Crippen molar-refractivity contribution < 1.29 is 19.4 Å². The molecule has 0 spiro atoms. The van der Waals surface area contributed by atoms with E-state index < -0.39 is 17.1 Å². The molecular weight excluding hydrogens is 428 g/mol. The van der Waals surface area contributed by atoms with Gasteiger partial charge in [0.1, 0.15) is 6.04 Å². The Morgan fingerprint density at radius 3 is 2.41 bits per heavy atom. The second-order valence-electron chi connectivity index (χ2n) is 10.3. The SMILES string of the molecule is CC(C)[C@@H](NC(=O)CC1CCOCC1)C(=O)N1CC[C@](O)(c2ccc(Cl)cc2)C(C)(C)C1. The zero-order chi connectivity index (χ0) is 23.5. The summed E-state index contributed by atoms with van der Waals surface area (Å²) in [4.78, 5) is 27.9. The van der Waals surface area contributed by atoms with Gasteiger partial charge in [-0.3, -0.25) is 9.59 Å². The topological polar surface area (TPSA) is 78.9 Å². The highest BCUT2D eigenvalue weighted by Gasteiger charge is 2.50. The minimum atomic E-state index is -1.06. The molecule has 2 atom stereocenters. The van der Waals surface area contributed by atoms with Crippen LogP contribution in [0.5, 0.6) is 0 Å². The van der Waals surface area contributed by atoms with Crippen molar-refractivity contribution in [2.24, 2.45) is 17.3 Å². The third-order valence-corrected chi connectivity index (χ3v) is 7.40. The van der Waals surface area contributed by atoms with Crippen LogP contribution in [-0.4, -0.2) is 54.2 Å². The molecule has 1 aromatic carbocycles. The summed E-state index contributed by atoms with van der Waals surface area (Å²) < 4.78 is 5.37. The zero-order valence-electron chi connectivity index (χ0n) is 19.7. The van der Waals surface area contributed by atoms with Crippen LogP contribution in [0.25, 0.3) is 0 Å². The average molecular weight is 465 g/mol. The first-order chi connectivity index (χ1) is 15.0. The van der Waals surface area contributed by atoms with E-state index in [0.717, 1.165) is 18.4 Å². The molecule has 2 aliphatic rings. The maximum Gasteiger partial charge on any atom is 0.245 e. The number of nitrogens with one attached hydrogen (secondary N) is 1. The predicted molar refractivity (Wildman–Crippen MR) is 125 cm³/mol. The van der Waals surface area contributed by atoms with Crippen LogP contribution in [0, 0.1) is 17.3 Å². The minimum absolute atomic E-state index is 0.0265. The maximum atomic E-state index is 13.4. The molecular formula is C25H37ClN2O4. The van der Waals surface area contributed by atoms with Crippen LogP contribution in [0.2, 0.25) is 5.02 Å². The number of carbonyl (C=O) groups is 2. The van der Waals surface area contributed by atoms with Crippen molar-refractivity contribution in [2.45, 2.75) is 65.0 Å². The number of rotatable bonds is 6. The number of ether oxygens (including phenoxy) is 1. The number of amides is 2. The molecule has 2 saturated heterocycles. The van der Waals surface area contributed by atoms with E-state index in [1.165, 1.54) is 0 Å². The number of hydrogen-bond acceptors (Lipinski definition) is 4. The highest BCUT2D eigenvalue weighted by atomic mass is 35.5. The van der Waals surface area contributed by atoms with Gasteiger partial charge in [-0.05, 0) is 48.8 Å². The molecule has 7 heteroatoms. The van der Waals surface area contributed by atoms with Crippen LogP contribution in [0.3, 0.4) is 0 Å². The first-order valence-corrected chi connectivity index (χ1v) is 12.1. The molecule has 32 heavy (non-hydrogen) atoms. The van der Waals surface area contributed by atoms with Crippen molar-refractivity contribution in [3.05, 3.63) is 34.9 Å². The number of carbonyl (C=O) groups excluding carboxylic acids is 2. The largest absolute Gasteiger partial charge is 0.384 e. The van der Waals surface area contributed by atoms with Gasteiger partial charge in [-0.25, -0.2) is 0 Å². The molecule has 2 heterocycles. The first kappa shape index (κ1) is 25.0. The number of hydrogen-bond donors (Lipinski definition) is 2. The average Bonchev–Trinajstić information content (AvgIpc) is 2.74. The van der Waals surface area contributed by atoms with Gasteiger partial charge in [-0.1, -0.05) is 51.4 Å². The molecule has 2 fully saturated rings. The van der Waals surface area contributed by atoms with Crippen molar-refractivity contribution in [1.29, 1.82) is 0 Å². The lowest BCUT2D eigenvalue weighted by atomic mass is 9.66. The third-order valence-electron chi connectivity index (χ3n) is 7.15. The lowest BCUT2D eigenvalue weighted by Crippen LogP contribution is -2.60. The van der Waals surface area contributed by atoms with Crippen LogP contribution in [0.4, 0.5) is 0 Å². The van der Waals surface area contributed by atoms with Gasteiger partial charge in [0.15, 0.2) is 0 Å². The molecule has 0 bridgehead atoms. The molecule has 2 amide bonds. The molecule has 2 aliphatic heterocycles. The van der Waals surface area contributed by atoms with E-state index in [4.69, 9.17) is 16.3 Å². The fourth-order valence-electron chi connectivity index (χ4n) is 4.93. The lowest BCUT2D eigenvalue weighted by molar-refractivity contribution is -0.156. The number of likely N-dealkylation sites (tertiary alicyclic amines) is 1. The van der Waals surface area contributed by atoms with Crippen LogP contribution in [0.1, 0.15) is 58.9 Å². The Balaban J connectivity index is 1.67. The molecule has 1 aromatic rings. The molecule has 0 aliphatic carbocycles. The summed E-state index contributed by atoms with van der Waals surface area (Å²) in [5.41, 5.74) is -0.819. The Labute approximate surface area is 196 Å². The number of nitrogens with zero attached hydrogens (tertiary/aromatic N) is 1. The van der Waals surface area contributed by atoms with E-state index in [9.17, 15) is 14.7 Å². The molecule has 0 saturated carbocycles. The summed E-state index contributed by atoms with van der Waals surface area (Å²) in [7, 11) is 0. The summed E-state index contributed by atoms with van der Waals surface area (Å²) in [5.74, 6) is 0.140. The number of piperidine rings is 1. The Bertz CT molecular complexity index is 805. The van der Waals surface area contributed by atoms with E-state index in [0.29, 0.717) is 50.1 Å². The third kappa shape index (κ3) is 5.46. The fourth-order valence-corrected chi connectivity index (χ4v) is 5.05. The van der Waals surface area contributed by atoms with Crippen LogP contribution in [-0.2, 0) is 19.9 Å². The molecule has 0 aromatic heterocycles. The van der Waals surface area contributed by atoms with E-state index in [1.807, 2.05) is 39.8 Å².